The quantitative estimate of drug-likeness (QED) is 0.366. The maximum absolute atomic E-state index is 13.5. The number of amides is 2. The van der Waals surface area contributed by atoms with E-state index in [0.717, 1.165) is 24.0 Å². The summed E-state index contributed by atoms with van der Waals surface area (Å²) in [5, 5.41) is 8.78. The number of nitrogens with zero attached hydrogens (tertiary/aromatic N) is 3. The summed E-state index contributed by atoms with van der Waals surface area (Å²) in [6, 6.07) is 7.90. The zero-order valence-corrected chi connectivity index (χ0v) is 24.2. The molecule has 1 aliphatic heterocycles. The van der Waals surface area contributed by atoms with Crippen LogP contribution < -0.4 is 20.7 Å². The Kier molecular flexibility index (Phi) is 9.31. The minimum atomic E-state index is -4.47. The van der Waals surface area contributed by atoms with Crippen LogP contribution in [0.1, 0.15) is 40.1 Å². The molecule has 0 aliphatic carbocycles. The number of hydrogen-bond acceptors (Lipinski definition) is 6. The van der Waals surface area contributed by atoms with E-state index in [1.54, 1.807) is 24.3 Å². The number of imidazole rings is 1. The molecule has 4 rings (SSSR count). The van der Waals surface area contributed by atoms with E-state index >= 15 is 0 Å². The first kappa shape index (κ1) is 30.7. The van der Waals surface area contributed by atoms with Crippen molar-refractivity contribution in [2.45, 2.75) is 32.6 Å². The Morgan fingerprint density at radius 2 is 1.83 bits per heavy atom. The van der Waals surface area contributed by atoms with Gasteiger partial charge < -0.3 is 30.2 Å². The van der Waals surface area contributed by atoms with E-state index in [2.05, 4.69) is 51.5 Å². The zero-order chi connectivity index (χ0) is 30.6. The van der Waals surface area contributed by atoms with Gasteiger partial charge in [0.15, 0.2) is 0 Å². The molecule has 0 saturated carbocycles. The zero-order valence-electron chi connectivity index (χ0n) is 24.2. The average molecular weight is 585 g/mol. The van der Waals surface area contributed by atoms with Crippen molar-refractivity contribution >= 4 is 28.5 Å². The van der Waals surface area contributed by atoms with Crippen LogP contribution in [0.15, 0.2) is 36.7 Å². The predicted molar refractivity (Wildman–Crippen MR) is 155 cm³/mol. The third kappa shape index (κ3) is 7.15. The van der Waals surface area contributed by atoms with Crippen LogP contribution in [-0.2, 0) is 6.54 Å². The third-order valence-corrected chi connectivity index (χ3v) is 7.33. The van der Waals surface area contributed by atoms with Gasteiger partial charge >= 0.3 is 6.18 Å². The fourth-order valence-electron chi connectivity index (χ4n) is 5.50. The fourth-order valence-corrected chi connectivity index (χ4v) is 5.50. The van der Waals surface area contributed by atoms with Crippen LogP contribution in [0.25, 0.3) is 11.0 Å². The molecular weight excluding hydrogens is 549 g/mol. The summed E-state index contributed by atoms with van der Waals surface area (Å²) in [5.74, 6) is 6.13. The Hall–Kier alpha value is -4.24. The van der Waals surface area contributed by atoms with Crippen LogP contribution >= 0.6 is 0 Å². The third-order valence-electron chi connectivity index (χ3n) is 7.33. The van der Waals surface area contributed by atoms with E-state index < -0.39 is 18.6 Å². The number of carbonyl (C=O) groups excluding carboxylic acids is 2. The Balaban J connectivity index is 1.63. The van der Waals surface area contributed by atoms with Gasteiger partial charge in [-0.1, -0.05) is 25.7 Å². The van der Waals surface area contributed by atoms with Crippen LogP contribution in [0, 0.1) is 23.7 Å². The lowest BCUT2D eigenvalue weighted by Gasteiger charge is -2.40. The highest BCUT2D eigenvalue weighted by Crippen LogP contribution is 2.27. The van der Waals surface area contributed by atoms with Crippen LogP contribution in [0.5, 0.6) is 5.75 Å². The molecule has 0 bridgehead atoms. The van der Waals surface area contributed by atoms with Crippen molar-refractivity contribution in [3.63, 3.8) is 0 Å². The number of aromatic nitrogens is 2. The topological polar surface area (TPSA) is 101 Å². The number of rotatable bonds is 7. The van der Waals surface area contributed by atoms with Gasteiger partial charge in [0.2, 0.25) is 0 Å². The molecule has 9 nitrogen and oxygen atoms in total. The van der Waals surface area contributed by atoms with Gasteiger partial charge in [0.1, 0.15) is 17.8 Å². The number of hydrogen-bond donors (Lipinski definition) is 3. The molecule has 3 N–H and O–H groups in total. The highest BCUT2D eigenvalue weighted by Gasteiger charge is 2.33. The summed E-state index contributed by atoms with van der Waals surface area (Å²) < 4.78 is 46.2. The summed E-state index contributed by atoms with van der Waals surface area (Å²) in [7, 11) is 5.07. The number of halogens is 3. The van der Waals surface area contributed by atoms with Crippen molar-refractivity contribution in [2.24, 2.45) is 11.8 Å². The van der Waals surface area contributed by atoms with Gasteiger partial charge in [0.25, 0.3) is 11.8 Å². The van der Waals surface area contributed by atoms with E-state index in [1.807, 2.05) is 7.05 Å². The molecule has 42 heavy (non-hydrogen) atoms. The number of anilines is 1. The van der Waals surface area contributed by atoms with Crippen molar-refractivity contribution in [1.29, 1.82) is 0 Å². The van der Waals surface area contributed by atoms with E-state index in [4.69, 9.17) is 4.74 Å². The van der Waals surface area contributed by atoms with Crippen molar-refractivity contribution in [2.75, 3.05) is 46.2 Å². The normalized spacial score (nSPS) is 19.1. The molecule has 2 heterocycles. The largest absolute Gasteiger partial charge is 0.495 e. The number of likely N-dealkylation sites (tertiary alicyclic amines) is 1. The average Bonchev–Trinajstić information content (AvgIpc) is 3.32. The second kappa shape index (κ2) is 12.7. The first-order chi connectivity index (χ1) is 19.9. The molecule has 0 radical (unpaired) electrons. The van der Waals surface area contributed by atoms with Gasteiger partial charge in [0.05, 0.1) is 36.7 Å². The molecule has 2 amide bonds. The summed E-state index contributed by atoms with van der Waals surface area (Å²) in [4.78, 5) is 32.0. The van der Waals surface area contributed by atoms with E-state index in [9.17, 15) is 22.8 Å². The molecule has 224 valence electrons. The van der Waals surface area contributed by atoms with Crippen molar-refractivity contribution in [3.8, 4) is 17.6 Å². The van der Waals surface area contributed by atoms with E-state index in [-0.39, 0.29) is 46.9 Å². The fraction of sp³-hybridized carbons (Fsp3) is 0.433. The highest BCUT2D eigenvalue weighted by atomic mass is 19.4. The number of benzene rings is 2. The Morgan fingerprint density at radius 3 is 2.48 bits per heavy atom. The molecule has 1 aliphatic rings. The number of piperidine rings is 1. The standard InChI is InChI=1S/C30H35F3N6O3/c1-18-14-38(4)15-19(2)26(18)37-29(41)22-11-20(12-24-27(22)36-17-39(24)16-30(31,32)33)7-6-10-35-23-13-21(28(40)34-3)8-9-25(23)42-5/h8-9,11-13,17-19,26,35H,10,14-16H2,1-5H3,(H,34,40)(H,37,41)/t18-,19+,26?. The Morgan fingerprint density at radius 1 is 1.12 bits per heavy atom. The first-order valence-electron chi connectivity index (χ1n) is 13.6. The number of alkyl halides is 3. The first-order valence-corrected chi connectivity index (χ1v) is 13.6. The Bertz CT molecular complexity index is 1510. The highest BCUT2D eigenvalue weighted by molar-refractivity contribution is 6.05. The van der Waals surface area contributed by atoms with E-state index in [1.165, 1.54) is 20.2 Å². The number of carbonyl (C=O) groups is 2. The summed E-state index contributed by atoms with van der Waals surface area (Å²) in [6.07, 6.45) is -3.37. The molecule has 1 fully saturated rings. The van der Waals surface area contributed by atoms with Gasteiger partial charge in [-0.05, 0) is 49.2 Å². The monoisotopic (exact) mass is 584 g/mol. The van der Waals surface area contributed by atoms with E-state index in [0.29, 0.717) is 22.6 Å². The smallest absolute Gasteiger partial charge is 0.406 e. The van der Waals surface area contributed by atoms with Crippen LogP contribution in [0.4, 0.5) is 18.9 Å². The maximum atomic E-state index is 13.5. The lowest BCUT2D eigenvalue weighted by atomic mass is 9.86. The molecular formula is C30H35F3N6O3. The molecule has 0 spiro atoms. The van der Waals surface area contributed by atoms with Crippen LogP contribution in [0.2, 0.25) is 0 Å². The number of methoxy groups -OCH3 is 1. The minimum absolute atomic E-state index is 0.0968. The molecule has 12 heteroatoms. The summed E-state index contributed by atoms with van der Waals surface area (Å²) >= 11 is 0. The number of fused-ring (bicyclic) bond motifs is 1. The second-order valence-electron chi connectivity index (χ2n) is 10.7. The van der Waals surface area contributed by atoms with Gasteiger partial charge in [-0.2, -0.15) is 13.2 Å². The van der Waals surface area contributed by atoms with Gasteiger partial charge in [-0.15, -0.1) is 0 Å². The van der Waals surface area contributed by atoms with Crippen molar-refractivity contribution in [3.05, 3.63) is 53.3 Å². The molecule has 3 aromatic rings. The molecule has 1 aromatic heterocycles. The van der Waals surface area contributed by atoms with Crippen molar-refractivity contribution < 1.29 is 27.5 Å². The lowest BCUT2D eigenvalue weighted by Crippen LogP contribution is -2.53. The van der Waals surface area contributed by atoms with Gasteiger partial charge in [0, 0.05) is 37.3 Å². The summed E-state index contributed by atoms with van der Waals surface area (Å²) in [6.45, 7) is 4.67. The van der Waals surface area contributed by atoms with Crippen LogP contribution in [-0.4, -0.2) is 79.3 Å². The predicted octanol–water partition coefficient (Wildman–Crippen LogP) is 3.75. The number of ether oxygens (including phenoxy) is 1. The number of nitrogens with one attached hydrogen (secondary N) is 3. The molecule has 1 saturated heterocycles. The van der Waals surface area contributed by atoms with Crippen molar-refractivity contribution in [1.82, 2.24) is 25.1 Å². The SMILES string of the molecule is CNC(=O)c1ccc(OC)c(NCC#Cc2cc(C(=O)NC3[C@H](C)CN(C)C[C@@H]3C)c3ncn(CC(F)(F)F)c3c2)c1. The molecule has 3 atom stereocenters. The van der Waals surface area contributed by atoms with Crippen LogP contribution in [0.3, 0.4) is 0 Å². The second-order valence-corrected chi connectivity index (χ2v) is 10.7. The van der Waals surface area contributed by atoms with Gasteiger partial charge in [-0.25, -0.2) is 4.98 Å². The minimum Gasteiger partial charge on any atom is -0.495 e. The molecule has 2 aromatic carbocycles. The lowest BCUT2D eigenvalue weighted by molar-refractivity contribution is -0.139. The Labute approximate surface area is 242 Å². The molecule has 1 unspecified atom stereocenters. The maximum Gasteiger partial charge on any atom is 0.406 e. The summed E-state index contributed by atoms with van der Waals surface area (Å²) in [5.41, 5.74) is 1.87. The van der Waals surface area contributed by atoms with Gasteiger partial charge in [-0.3, -0.25) is 9.59 Å².